The van der Waals surface area contributed by atoms with Crippen LogP contribution in [-0.4, -0.2) is 64.4 Å². The SMILES string of the molecule is O=C(c1nc2ccccc2n1Cc1ccc(F)cc1)C1CCN(CCN2CCC(c3ccc(Cl)c(Cl)c3)C2)CC1. The number of imidazole rings is 1. The first-order chi connectivity index (χ1) is 19.4. The molecule has 2 aliphatic heterocycles. The Morgan fingerprint density at radius 1 is 0.875 bits per heavy atom. The van der Waals surface area contributed by atoms with Gasteiger partial charge in [0.05, 0.1) is 21.1 Å². The average molecular weight is 580 g/mol. The van der Waals surface area contributed by atoms with Gasteiger partial charge in [-0.3, -0.25) is 4.79 Å². The molecule has 5 nitrogen and oxygen atoms in total. The third kappa shape index (κ3) is 5.96. The van der Waals surface area contributed by atoms with Crippen LogP contribution >= 0.6 is 23.2 Å². The van der Waals surface area contributed by atoms with Crippen LogP contribution in [0.1, 0.15) is 46.9 Å². The molecule has 8 heteroatoms. The van der Waals surface area contributed by atoms with Gasteiger partial charge in [-0.2, -0.15) is 0 Å². The Labute approximate surface area is 244 Å². The Bertz CT molecular complexity index is 1500. The van der Waals surface area contributed by atoms with E-state index in [1.54, 1.807) is 12.1 Å². The number of para-hydroxylation sites is 2. The summed E-state index contributed by atoms with van der Waals surface area (Å²) in [6.45, 7) is 6.49. The van der Waals surface area contributed by atoms with Crippen molar-refractivity contribution in [2.75, 3.05) is 39.3 Å². The van der Waals surface area contributed by atoms with E-state index in [-0.39, 0.29) is 17.5 Å². The van der Waals surface area contributed by atoms with Crippen molar-refractivity contribution in [1.29, 1.82) is 0 Å². The minimum atomic E-state index is -0.265. The highest BCUT2D eigenvalue weighted by Crippen LogP contribution is 2.32. The maximum absolute atomic E-state index is 13.7. The van der Waals surface area contributed by atoms with Gasteiger partial charge in [0, 0.05) is 32.1 Å². The van der Waals surface area contributed by atoms with Crippen LogP contribution in [0.5, 0.6) is 0 Å². The quantitative estimate of drug-likeness (QED) is 0.213. The molecule has 1 atom stereocenters. The summed E-state index contributed by atoms with van der Waals surface area (Å²) in [5.74, 6) is 0.813. The smallest absolute Gasteiger partial charge is 0.201 e. The standard InChI is InChI=1S/C32H33Cl2FN4O/c33-27-10-7-24(19-28(27)34)25-13-16-38(21-25)18-17-37-14-11-23(12-15-37)31(40)32-36-29-3-1-2-4-30(29)39(32)20-22-5-8-26(35)9-6-22/h1-10,19,23,25H,11-18,20-21H2. The van der Waals surface area contributed by atoms with Gasteiger partial charge < -0.3 is 14.4 Å². The van der Waals surface area contributed by atoms with Crippen LogP contribution in [0, 0.1) is 11.7 Å². The maximum atomic E-state index is 13.7. The minimum absolute atomic E-state index is 0.0362. The van der Waals surface area contributed by atoms with E-state index < -0.39 is 0 Å². The fourth-order valence-corrected chi connectivity index (χ4v) is 6.46. The molecular formula is C32H33Cl2FN4O. The number of nitrogens with zero attached hydrogens (tertiary/aromatic N) is 4. The lowest BCUT2D eigenvalue weighted by molar-refractivity contribution is 0.0818. The van der Waals surface area contributed by atoms with Crippen LogP contribution < -0.4 is 0 Å². The third-order valence-electron chi connectivity index (χ3n) is 8.51. The summed E-state index contributed by atoms with van der Waals surface area (Å²) in [5.41, 5.74) is 3.95. The Morgan fingerprint density at radius 2 is 1.60 bits per heavy atom. The summed E-state index contributed by atoms with van der Waals surface area (Å²) in [6.07, 6.45) is 2.81. The van der Waals surface area contributed by atoms with Crippen molar-refractivity contribution < 1.29 is 9.18 Å². The molecule has 2 saturated heterocycles. The number of carbonyl (C=O) groups excluding carboxylic acids is 1. The Morgan fingerprint density at radius 3 is 2.38 bits per heavy atom. The summed E-state index contributed by atoms with van der Waals surface area (Å²) in [5, 5.41) is 1.23. The van der Waals surface area contributed by atoms with Crippen LogP contribution in [0.3, 0.4) is 0 Å². The van der Waals surface area contributed by atoms with Gasteiger partial charge in [0.25, 0.3) is 0 Å². The lowest BCUT2D eigenvalue weighted by atomic mass is 9.92. The second-order valence-corrected chi connectivity index (χ2v) is 11.9. The number of Topliss-reactive ketones (excluding diaryl/α,β-unsaturated/α-hetero) is 1. The van der Waals surface area contributed by atoms with E-state index in [2.05, 4.69) is 15.9 Å². The van der Waals surface area contributed by atoms with Gasteiger partial charge >= 0.3 is 0 Å². The molecule has 3 aromatic carbocycles. The van der Waals surface area contributed by atoms with Crippen molar-refractivity contribution in [3.05, 3.63) is 99.5 Å². The zero-order valence-electron chi connectivity index (χ0n) is 22.4. The molecule has 0 aliphatic carbocycles. The second-order valence-electron chi connectivity index (χ2n) is 11.1. The third-order valence-corrected chi connectivity index (χ3v) is 9.25. The minimum Gasteiger partial charge on any atom is -0.317 e. The van der Waals surface area contributed by atoms with Crippen LogP contribution in [0.15, 0.2) is 66.7 Å². The Hall–Kier alpha value is -2.77. The van der Waals surface area contributed by atoms with E-state index in [0.29, 0.717) is 28.3 Å². The van der Waals surface area contributed by atoms with Gasteiger partial charge in [0.1, 0.15) is 5.82 Å². The number of fused-ring (bicyclic) bond motifs is 1. The summed E-state index contributed by atoms with van der Waals surface area (Å²) < 4.78 is 15.5. The van der Waals surface area contributed by atoms with Gasteiger partial charge in [-0.15, -0.1) is 0 Å². The number of hydrogen-bond acceptors (Lipinski definition) is 4. The number of likely N-dealkylation sites (tertiary alicyclic amines) is 2. The van der Waals surface area contributed by atoms with E-state index in [4.69, 9.17) is 28.2 Å². The fourth-order valence-electron chi connectivity index (χ4n) is 6.15. The molecule has 0 saturated carbocycles. The van der Waals surface area contributed by atoms with Crippen molar-refractivity contribution in [3.63, 3.8) is 0 Å². The van der Waals surface area contributed by atoms with E-state index >= 15 is 0 Å². The van der Waals surface area contributed by atoms with Crippen LogP contribution in [0.2, 0.25) is 10.0 Å². The highest BCUT2D eigenvalue weighted by atomic mass is 35.5. The Kier molecular flexibility index (Phi) is 8.22. The summed E-state index contributed by atoms with van der Waals surface area (Å²) in [7, 11) is 0. The number of aromatic nitrogens is 2. The Balaban J connectivity index is 1.05. The van der Waals surface area contributed by atoms with Gasteiger partial charge in [-0.05, 0) is 92.3 Å². The summed E-state index contributed by atoms with van der Waals surface area (Å²) >= 11 is 12.3. The van der Waals surface area contributed by atoms with Crippen molar-refractivity contribution in [2.24, 2.45) is 5.92 Å². The molecule has 0 radical (unpaired) electrons. The van der Waals surface area contributed by atoms with E-state index in [1.807, 2.05) is 41.0 Å². The first-order valence-corrected chi connectivity index (χ1v) is 14.8. The molecule has 1 aromatic heterocycles. The first-order valence-electron chi connectivity index (χ1n) is 14.1. The van der Waals surface area contributed by atoms with Crippen LogP contribution in [-0.2, 0) is 6.54 Å². The first kappa shape index (κ1) is 27.4. The van der Waals surface area contributed by atoms with Gasteiger partial charge in [0.2, 0.25) is 5.78 Å². The highest BCUT2D eigenvalue weighted by molar-refractivity contribution is 6.42. The molecule has 0 N–H and O–H groups in total. The molecule has 1 unspecified atom stereocenters. The lowest BCUT2D eigenvalue weighted by Crippen LogP contribution is -2.41. The lowest BCUT2D eigenvalue weighted by Gasteiger charge is -2.32. The molecule has 2 fully saturated rings. The normalized spacial score (nSPS) is 19.0. The average Bonchev–Trinajstić information content (AvgIpc) is 3.60. The maximum Gasteiger partial charge on any atom is 0.201 e. The number of carbonyl (C=O) groups is 1. The molecule has 208 valence electrons. The monoisotopic (exact) mass is 578 g/mol. The molecule has 2 aliphatic rings. The summed E-state index contributed by atoms with van der Waals surface area (Å²) in [6, 6.07) is 20.3. The number of rotatable bonds is 8. The number of hydrogen-bond donors (Lipinski definition) is 0. The van der Waals surface area contributed by atoms with E-state index in [1.165, 1.54) is 17.7 Å². The highest BCUT2D eigenvalue weighted by Gasteiger charge is 2.30. The number of ketones is 1. The van der Waals surface area contributed by atoms with Crippen molar-refractivity contribution in [2.45, 2.75) is 31.7 Å². The zero-order chi connectivity index (χ0) is 27.6. The molecule has 3 heterocycles. The van der Waals surface area contributed by atoms with Crippen molar-refractivity contribution in [3.8, 4) is 0 Å². The van der Waals surface area contributed by atoms with Crippen molar-refractivity contribution in [1.82, 2.24) is 19.4 Å². The molecule has 4 aromatic rings. The van der Waals surface area contributed by atoms with Gasteiger partial charge in [-0.1, -0.05) is 53.5 Å². The van der Waals surface area contributed by atoms with Crippen LogP contribution in [0.4, 0.5) is 4.39 Å². The molecular weight excluding hydrogens is 546 g/mol. The van der Waals surface area contributed by atoms with Gasteiger partial charge in [0.15, 0.2) is 5.82 Å². The van der Waals surface area contributed by atoms with Gasteiger partial charge in [-0.25, -0.2) is 9.37 Å². The van der Waals surface area contributed by atoms with Crippen molar-refractivity contribution >= 4 is 40.0 Å². The molecule has 0 amide bonds. The molecule has 0 bridgehead atoms. The van der Waals surface area contributed by atoms with E-state index in [9.17, 15) is 9.18 Å². The fraction of sp³-hybridized carbons (Fsp3) is 0.375. The zero-order valence-corrected chi connectivity index (χ0v) is 23.9. The molecule has 40 heavy (non-hydrogen) atoms. The topological polar surface area (TPSA) is 41.4 Å². The van der Waals surface area contributed by atoms with E-state index in [0.717, 1.165) is 75.1 Å². The number of benzene rings is 3. The number of halogens is 3. The summed E-state index contributed by atoms with van der Waals surface area (Å²) in [4.78, 5) is 23.5. The predicted octanol–water partition coefficient (Wildman–Crippen LogP) is 6.91. The predicted molar refractivity (Wildman–Crippen MR) is 159 cm³/mol. The number of piperidine rings is 1. The second kappa shape index (κ2) is 12.0. The molecule has 0 spiro atoms. The van der Waals surface area contributed by atoms with Crippen LogP contribution in [0.25, 0.3) is 11.0 Å². The molecule has 6 rings (SSSR count). The largest absolute Gasteiger partial charge is 0.317 e.